The Labute approximate surface area is 201 Å². The molecule has 2 amide bonds. The molecule has 1 atom stereocenters. The second-order valence-electron chi connectivity index (χ2n) is 9.96. The standard InChI is InChI=1S/C26H34N6O2/c1-26(2,3)22(25(34)27-4)29-24(33)21-20-17-31(16-19-12-9-13-30(19)5)14-15-32(20)23(28-21)18-10-7-6-8-11-18/h6-13,22H,14-17H2,1-5H3,(H,27,34)(H,29,33)/t22-/m1/s1. The molecule has 2 N–H and O–H groups in total. The number of hydrogen-bond acceptors (Lipinski definition) is 4. The number of likely N-dealkylation sites (N-methyl/N-ethyl adjacent to an activating group) is 1. The van der Waals surface area contributed by atoms with Crippen LogP contribution in [0.3, 0.4) is 0 Å². The summed E-state index contributed by atoms with van der Waals surface area (Å²) >= 11 is 0. The first-order chi connectivity index (χ1) is 16.2. The first-order valence-electron chi connectivity index (χ1n) is 11.7. The van der Waals surface area contributed by atoms with Gasteiger partial charge in [-0.25, -0.2) is 4.98 Å². The first kappa shape index (κ1) is 23.8. The van der Waals surface area contributed by atoms with Gasteiger partial charge in [0, 0.05) is 57.7 Å². The summed E-state index contributed by atoms with van der Waals surface area (Å²) in [5, 5.41) is 5.63. The zero-order valence-corrected chi connectivity index (χ0v) is 20.6. The van der Waals surface area contributed by atoms with E-state index in [2.05, 4.69) is 30.7 Å². The Morgan fingerprint density at radius 3 is 2.44 bits per heavy atom. The summed E-state index contributed by atoms with van der Waals surface area (Å²) < 4.78 is 4.27. The summed E-state index contributed by atoms with van der Waals surface area (Å²) in [7, 11) is 3.63. The SMILES string of the molecule is CNC(=O)[C@@H](NC(=O)c1nc(-c2ccccc2)n2c1CN(Cc1cccn1C)CC2)C(C)(C)C. The quantitative estimate of drug-likeness (QED) is 0.590. The lowest BCUT2D eigenvalue weighted by Crippen LogP contribution is -2.53. The molecule has 1 aliphatic rings. The highest BCUT2D eigenvalue weighted by atomic mass is 16.2. The Hall–Kier alpha value is -3.39. The van der Waals surface area contributed by atoms with Crippen LogP contribution in [0.15, 0.2) is 48.7 Å². The molecular formula is C26H34N6O2. The molecule has 0 saturated heterocycles. The molecule has 2 aromatic heterocycles. The zero-order valence-electron chi connectivity index (χ0n) is 20.6. The lowest BCUT2D eigenvalue weighted by atomic mass is 9.86. The van der Waals surface area contributed by atoms with Gasteiger partial charge in [0.2, 0.25) is 5.91 Å². The minimum Gasteiger partial charge on any atom is -0.357 e. The number of amides is 2. The molecular weight excluding hydrogens is 428 g/mol. The van der Waals surface area contributed by atoms with E-state index in [-0.39, 0.29) is 11.8 Å². The number of hydrogen-bond donors (Lipinski definition) is 2. The van der Waals surface area contributed by atoms with E-state index in [1.165, 1.54) is 5.69 Å². The largest absolute Gasteiger partial charge is 0.357 e. The Balaban J connectivity index is 1.69. The normalized spacial score (nSPS) is 15.0. The smallest absolute Gasteiger partial charge is 0.272 e. The number of rotatable bonds is 6. The van der Waals surface area contributed by atoms with Gasteiger partial charge >= 0.3 is 0 Å². The van der Waals surface area contributed by atoms with Gasteiger partial charge in [-0.05, 0) is 17.5 Å². The van der Waals surface area contributed by atoms with Gasteiger partial charge in [-0.1, -0.05) is 51.1 Å². The van der Waals surface area contributed by atoms with Gasteiger partial charge in [0.25, 0.3) is 5.91 Å². The van der Waals surface area contributed by atoms with Crippen molar-refractivity contribution < 1.29 is 9.59 Å². The van der Waals surface area contributed by atoms with E-state index in [1.807, 2.05) is 70.4 Å². The molecule has 0 spiro atoms. The van der Waals surface area contributed by atoms with Crippen LogP contribution in [0.5, 0.6) is 0 Å². The number of imidazole rings is 1. The first-order valence-corrected chi connectivity index (χ1v) is 11.7. The molecule has 0 saturated carbocycles. The minimum atomic E-state index is -0.675. The Morgan fingerprint density at radius 1 is 1.09 bits per heavy atom. The average molecular weight is 463 g/mol. The third kappa shape index (κ3) is 4.77. The van der Waals surface area contributed by atoms with Crippen molar-refractivity contribution in [2.24, 2.45) is 12.5 Å². The van der Waals surface area contributed by atoms with Crippen molar-refractivity contribution >= 4 is 11.8 Å². The zero-order chi connectivity index (χ0) is 24.5. The van der Waals surface area contributed by atoms with Crippen molar-refractivity contribution in [3.05, 3.63) is 65.7 Å². The summed E-state index contributed by atoms with van der Waals surface area (Å²) in [6.45, 7) is 8.81. The Bertz CT molecular complexity index is 1170. The van der Waals surface area contributed by atoms with E-state index in [1.54, 1.807) is 7.05 Å². The molecule has 0 radical (unpaired) electrons. The van der Waals surface area contributed by atoms with Crippen LogP contribution in [-0.4, -0.2) is 50.5 Å². The lowest BCUT2D eigenvalue weighted by Gasteiger charge is -2.31. The molecule has 34 heavy (non-hydrogen) atoms. The molecule has 180 valence electrons. The summed E-state index contributed by atoms with van der Waals surface area (Å²) in [5.74, 6) is 0.240. The molecule has 8 nitrogen and oxygen atoms in total. The molecule has 0 aliphatic carbocycles. The van der Waals surface area contributed by atoms with Gasteiger partial charge < -0.3 is 19.8 Å². The lowest BCUT2D eigenvalue weighted by molar-refractivity contribution is -0.124. The number of aromatic nitrogens is 3. The van der Waals surface area contributed by atoms with Crippen LogP contribution in [-0.2, 0) is 31.5 Å². The molecule has 1 aliphatic heterocycles. The second-order valence-corrected chi connectivity index (χ2v) is 9.96. The van der Waals surface area contributed by atoms with Crippen LogP contribution < -0.4 is 10.6 Å². The number of carbonyl (C=O) groups is 2. The highest BCUT2D eigenvalue weighted by Crippen LogP contribution is 2.28. The maximum atomic E-state index is 13.5. The third-order valence-electron chi connectivity index (χ3n) is 6.42. The van der Waals surface area contributed by atoms with Crippen molar-refractivity contribution in [1.29, 1.82) is 0 Å². The van der Waals surface area contributed by atoms with Crippen molar-refractivity contribution in [1.82, 2.24) is 29.7 Å². The number of nitrogens with one attached hydrogen (secondary N) is 2. The van der Waals surface area contributed by atoms with Gasteiger partial charge in [-0.2, -0.15) is 0 Å². The minimum absolute atomic E-state index is 0.220. The maximum absolute atomic E-state index is 13.5. The average Bonchev–Trinajstić information content (AvgIpc) is 3.40. The molecule has 4 rings (SSSR count). The highest BCUT2D eigenvalue weighted by Gasteiger charge is 2.35. The summed E-state index contributed by atoms with van der Waals surface area (Å²) in [5.41, 5.74) is 3.00. The van der Waals surface area contributed by atoms with Gasteiger partial charge in [0.1, 0.15) is 11.9 Å². The maximum Gasteiger partial charge on any atom is 0.272 e. The molecule has 3 heterocycles. The number of aryl methyl sites for hydroxylation is 1. The van der Waals surface area contributed by atoms with Crippen LogP contribution >= 0.6 is 0 Å². The molecule has 3 aromatic rings. The number of nitrogens with zero attached hydrogens (tertiary/aromatic N) is 4. The molecule has 0 bridgehead atoms. The monoisotopic (exact) mass is 462 g/mol. The van der Waals surface area contributed by atoms with Crippen LogP contribution in [0.4, 0.5) is 0 Å². The van der Waals surface area contributed by atoms with E-state index < -0.39 is 11.5 Å². The van der Waals surface area contributed by atoms with Gasteiger partial charge in [0.05, 0.1) is 5.69 Å². The summed E-state index contributed by atoms with van der Waals surface area (Å²) in [6.07, 6.45) is 2.04. The number of carbonyl (C=O) groups excluding carboxylic acids is 2. The fraction of sp³-hybridized carbons (Fsp3) is 0.423. The predicted molar refractivity (Wildman–Crippen MR) is 132 cm³/mol. The fourth-order valence-electron chi connectivity index (χ4n) is 4.45. The number of benzene rings is 1. The van der Waals surface area contributed by atoms with Gasteiger partial charge in [-0.15, -0.1) is 0 Å². The fourth-order valence-corrected chi connectivity index (χ4v) is 4.45. The van der Waals surface area contributed by atoms with E-state index in [0.717, 1.165) is 36.7 Å². The van der Waals surface area contributed by atoms with Crippen molar-refractivity contribution in [2.45, 2.75) is 46.4 Å². The van der Waals surface area contributed by atoms with E-state index in [0.29, 0.717) is 12.2 Å². The van der Waals surface area contributed by atoms with E-state index in [4.69, 9.17) is 4.98 Å². The van der Waals surface area contributed by atoms with Crippen molar-refractivity contribution in [3.8, 4) is 11.4 Å². The molecule has 0 fully saturated rings. The Kier molecular flexibility index (Phi) is 6.61. The van der Waals surface area contributed by atoms with Crippen molar-refractivity contribution in [3.63, 3.8) is 0 Å². The van der Waals surface area contributed by atoms with E-state index in [9.17, 15) is 9.59 Å². The molecule has 8 heteroatoms. The predicted octanol–water partition coefficient (Wildman–Crippen LogP) is 2.79. The Morgan fingerprint density at radius 2 is 1.82 bits per heavy atom. The van der Waals surface area contributed by atoms with Gasteiger partial charge in [-0.3, -0.25) is 14.5 Å². The summed E-state index contributed by atoms with van der Waals surface area (Å²) in [4.78, 5) is 33.2. The van der Waals surface area contributed by atoms with Crippen LogP contribution in [0.1, 0.15) is 42.6 Å². The summed E-state index contributed by atoms with van der Waals surface area (Å²) in [6, 6.07) is 13.4. The van der Waals surface area contributed by atoms with E-state index >= 15 is 0 Å². The highest BCUT2D eigenvalue weighted by molar-refractivity contribution is 5.97. The number of fused-ring (bicyclic) bond motifs is 1. The van der Waals surface area contributed by atoms with Gasteiger partial charge in [0.15, 0.2) is 5.69 Å². The topological polar surface area (TPSA) is 84.2 Å². The molecule has 0 unspecified atom stereocenters. The van der Waals surface area contributed by atoms with Crippen LogP contribution in [0.25, 0.3) is 11.4 Å². The van der Waals surface area contributed by atoms with Crippen molar-refractivity contribution in [2.75, 3.05) is 13.6 Å². The van der Waals surface area contributed by atoms with Crippen LogP contribution in [0, 0.1) is 5.41 Å². The molecule has 1 aromatic carbocycles. The second kappa shape index (κ2) is 9.46. The van der Waals surface area contributed by atoms with Crippen LogP contribution in [0.2, 0.25) is 0 Å². The third-order valence-corrected chi connectivity index (χ3v) is 6.42.